The molecule has 0 atom stereocenters. The Kier molecular flexibility index (Phi) is 3.68. The van der Waals surface area contributed by atoms with E-state index in [2.05, 4.69) is 77.9 Å². The Morgan fingerprint density at radius 1 is 0.682 bits per heavy atom. The predicted molar refractivity (Wildman–Crippen MR) is 97.2 cm³/mol. The molecule has 0 saturated heterocycles. The van der Waals surface area contributed by atoms with Gasteiger partial charge in [0.2, 0.25) is 0 Å². The summed E-state index contributed by atoms with van der Waals surface area (Å²) in [7, 11) is 0. The van der Waals surface area contributed by atoms with Gasteiger partial charge in [-0.3, -0.25) is 0 Å². The first-order valence-corrected chi connectivity index (χ1v) is 8.91. The maximum absolute atomic E-state index is 2.41. The fourth-order valence-corrected chi connectivity index (χ4v) is 3.92. The molecule has 116 valence electrons. The number of benzene rings is 2. The van der Waals surface area contributed by atoms with Crippen LogP contribution in [-0.2, 0) is 17.3 Å². The average Bonchev–Trinajstić information content (AvgIpc) is 2.41. The molecular formula is C21H26S. The van der Waals surface area contributed by atoms with Crippen LogP contribution in [0.25, 0.3) is 0 Å². The third-order valence-electron chi connectivity index (χ3n) is 4.45. The minimum Gasteiger partial charge on any atom is -0.0895 e. The Bertz CT molecular complexity index is 650. The summed E-state index contributed by atoms with van der Waals surface area (Å²) in [5.41, 5.74) is 6.26. The van der Waals surface area contributed by atoms with Crippen LogP contribution < -0.4 is 0 Å². The van der Waals surface area contributed by atoms with Gasteiger partial charge in [0.05, 0.1) is 0 Å². The van der Waals surface area contributed by atoms with E-state index < -0.39 is 0 Å². The van der Waals surface area contributed by atoms with Gasteiger partial charge in [-0.25, -0.2) is 0 Å². The van der Waals surface area contributed by atoms with E-state index in [1.54, 1.807) is 0 Å². The van der Waals surface area contributed by atoms with Gasteiger partial charge < -0.3 is 0 Å². The Morgan fingerprint density at radius 3 is 1.45 bits per heavy atom. The van der Waals surface area contributed by atoms with Crippen LogP contribution >= 0.6 is 11.8 Å². The number of fused-ring (bicyclic) bond motifs is 2. The van der Waals surface area contributed by atoms with Crippen molar-refractivity contribution in [3.63, 3.8) is 0 Å². The van der Waals surface area contributed by atoms with Crippen LogP contribution in [0.15, 0.2) is 46.2 Å². The molecule has 0 bridgehead atoms. The van der Waals surface area contributed by atoms with Crippen LogP contribution in [0, 0.1) is 0 Å². The molecule has 0 aromatic heterocycles. The lowest BCUT2D eigenvalue weighted by Gasteiger charge is -2.26. The Morgan fingerprint density at radius 2 is 1.09 bits per heavy atom. The summed E-state index contributed by atoms with van der Waals surface area (Å²) in [5, 5.41) is 0. The molecule has 0 nitrogen and oxygen atoms in total. The van der Waals surface area contributed by atoms with Gasteiger partial charge >= 0.3 is 0 Å². The van der Waals surface area contributed by atoms with E-state index in [1.165, 1.54) is 32.0 Å². The number of hydrogen-bond acceptors (Lipinski definition) is 1. The van der Waals surface area contributed by atoms with Crippen LogP contribution in [0.1, 0.15) is 63.8 Å². The summed E-state index contributed by atoms with van der Waals surface area (Å²) in [4.78, 5) is 2.84. The summed E-state index contributed by atoms with van der Waals surface area (Å²) in [6, 6.07) is 14.0. The zero-order valence-electron chi connectivity index (χ0n) is 14.6. The highest BCUT2D eigenvalue weighted by Crippen LogP contribution is 2.42. The molecule has 1 aliphatic heterocycles. The molecule has 1 heteroatoms. The first kappa shape index (κ1) is 15.7. The molecule has 2 aromatic rings. The summed E-state index contributed by atoms with van der Waals surface area (Å²) in [5.74, 6) is 0. The fraction of sp³-hybridized carbons (Fsp3) is 0.429. The second kappa shape index (κ2) is 5.16. The molecule has 1 heterocycles. The Hall–Kier alpha value is -1.21. The lowest BCUT2D eigenvalue weighted by atomic mass is 9.84. The van der Waals surface area contributed by atoms with Crippen molar-refractivity contribution in [2.75, 3.05) is 0 Å². The zero-order chi connectivity index (χ0) is 16.1. The second-order valence-electron chi connectivity index (χ2n) is 8.42. The van der Waals surface area contributed by atoms with Gasteiger partial charge in [-0.1, -0.05) is 77.6 Å². The molecule has 0 spiro atoms. The third kappa shape index (κ3) is 2.96. The fourth-order valence-electron chi connectivity index (χ4n) is 2.89. The van der Waals surface area contributed by atoms with Crippen LogP contribution in [0.2, 0.25) is 0 Å². The van der Waals surface area contributed by atoms with Crippen molar-refractivity contribution in [1.82, 2.24) is 0 Å². The molecule has 0 amide bonds. The maximum Gasteiger partial charge on any atom is 0.0158 e. The van der Waals surface area contributed by atoms with Crippen molar-refractivity contribution in [3.05, 3.63) is 58.7 Å². The van der Waals surface area contributed by atoms with E-state index in [1.807, 2.05) is 11.8 Å². The van der Waals surface area contributed by atoms with E-state index in [9.17, 15) is 0 Å². The van der Waals surface area contributed by atoms with Crippen molar-refractivity contribution >= 4 is 11.8 Å². The summed E-state index contributed by atoms with van der Waals surface area (Å²) in [6.07, 6.45) is 1.06. The Labute approximate surface area is 139 Å². The minimum absolute atomic E-state index is 0.216. The molecule has 0 radical (unpaired) electrons. The molecule has 0 fully saturated rings. The molecule has 0 unspecified atom stereocenters. The van der Waals surface area contributed by atoms with E-state index in [0.29, 0.717) is 0 Å². The number of rotatable bonds is 0. The predicted octanol–water partition coefficient (Wildman–Crippen LogP) is 6.34. The molecular weight excluding hydrogens is 284 g/mol. The van der Waals surface area contributed by atoms with Gasteiger partial charge in [-0.15, -0.1) is 0 Å². The molecule has 1 aliphatic rings. The van der Waals surface area contributed by atoms with Crippen molar-refractivity contribution in [2.24, 2.45) is 0 Å². The summed E-state index contributed by atoms with van der Waals surface area (Å²) in [6.45, 7) is 13.7. The lowest BCUT2D eigenvalue weighted by molar-refractivity contribution is 0.587. The molecule has 22 heavy (non-hydrogen) atoms. The van der Waals surface area contributed by atoms with Crippen LogP contribution in [0.3, 0.4) is 0 Å². The first-order chi connectivity index (χ1) is 10.1. The van der Waals surface area contributed by atoms with Crippen molar-refractivity contribution in [3.8, 4) is 0 Å². The quantitative estimate of drug-likeness (QED) is 0.467. The van der Waals surface area contributed by atoms with Gasteiger partial charge in [0.25, 0.3) is 0 Å². The minimum atomic E-state index is 0.216. The first-order valence-electron chi connectivity index (χ1n) is 8.09. The topological polar surface area (TPSA) is 0 Å². The highest BCUT2D eigenvalue weighted by molar-refractivity contribution is 7.99. The Balaban J connectivity index is 2.00. The van der Waals surface area contributed by atoms with E-state index in [0.717, 1.165) is 6.42 Å². The monoisotopic (exact) mass is 310 g/mol. The van der Waals surface area contributed by atoms with Gasteiger partial charge in [0, 0.05) is 9.79 Å². The average molecular weight is 311 g/mol. The van der Waals surface area contributed by atoms with Crippen molar-refractivity contribution in [2.45, 2.75) is 68.6 Å². The number of hydrogen-bond donors (Lipinski definition) is 0. The standard InChI is InChI=1S/C21H26S/c1-20(2,3)16-7-9-18-14(12-16)11-15-13-17(21(4,5)6)8-10-19(15)22-18/h7-10,12-13H,11H2,1-6H3. The third-order valence-corrected chi connectivity index (χ3v) is 5.69. The van der Waals surface area contributed by atoms with Crippen molar-refractivity contribution in [1.29, 1.82) is 0 Å². The molecule has 0 saturated carbocycles. The highest BCUT2D eigenvalue weighted by Gasteiger charge is 2.22. The zero-order valence-corrected chi connectivity index (χ0v) is 15.4. The molecule has 0 aliphatic carbocycles. The normalized spacial score (nSPS) is 14.5. The maximum atomic E-state index is 2.41. The van der Waals surface area contributed by atoms with Crippen molar-refractivity contribution < 1.29 is 0 Å². The largest absolute Gasteiger partial charge is 0.0895 e. The highest BCUT2D eigenvalue weighted by atomic mass is 32.2. The van der Waals surface area contributed by atoms with E-state index in [4.69, 9.17) is 0 Å². The van der Waals surface area contributed by atoms with Gasteiger partial charge in [-0.2, -0.15) is 0 Å². The van der Waals surface area contributed by atoms with Crippen LogP contribution in [0.4, 0.5) is 0 Å². The SMILES string of the molecule is CC(C)(C)c1ccc2c(c1)Cc1cc(C(C)(C)C)ccc1S2. The smallest absolute Gasteiger partial charge is 0.0158 e. The summed E-state index contributed by atoms with van der Waals surface area (Å²) < 4.78 is 0. The molecule has 3 rings (SSSR count). The van der Waals surface area contributed by atoms with E-state index in [-0.39, 0.29) is 10.8 Å². The van der Waals surface area contributed by atoms with Gasteiger partial charge in [0.15, 0.2) is 0 Å². The van der Waals surface area contributed by atoms with Crippen LogP contribution in [-0.4, -0.2) is 0 Å². The lowest BCUT2D eigenvalue weighted by Crippen LogP contribution is -2.14. The van der Waals surface area contributed by atoms with Gasteiger partial charge in [-0.05, 0) is 51.6 Å². The van der Waals surface area contributed by atoms with Gasteiger partial charge in [0.1, 0.15) is 0 Å². The summed E-state index contributed by atoms with van der Waals surface area (Å²) >= 11 is 1.92. The molecule has 0 N–H and O–H groups in total. The second-order valence-corrected chi connectivity index (χ2v) is 9.51. The molecule has 2 aromatic carbocycles. The van der Waals surface area contributed by atoms with E-state index >= 15 is 0 Å². The van der Waals surface area contributed by atoms with Crippen LogP contribution in [0.5, 0.6) is 0 Å².